The molecule has 0 N–H and O–H groups in total. The van der Waals surface area contributed by atoms with Gasteiger partial charge in [0.2, 0.25) is 0 Å². The van der Waals surface area contributed by atoms with Crippen LogP contribution in [-0.2, 0) is 9.47 Å². The Balaban J connectivity index is 2.59. The summed E-state index contributed by atoms with van der Waals surface area (Å²) in [5.74, 6) is -1.00. The zero-order valence-corrected chi connectivity index (χ0v) is 14.5. The molecule has 0 aromatic heterocycles. The van der Waals surface area contributed by atoms with Crippen LogP contribution < -0.4 is 0 Å². The fourth-order valence-corrected chi connectivity index (χ4v) is 2.00. The quantitative estimate of drug-likeness (QED) is 0.354. The molecule has 4 nitrogen and oxygen atoms in total. The summed E-state index contributed by atoms with van der Waals surface area (Å²) in [6.45, 7) is 4.67. The van der Waals surface area contributed by atoms with Crippen LogP contribution >= 0.6 is 0 Å². The summed E-state index contributed by atoms with van der Waals surface area (Å²) in [5.41, 5.74) is 0.483. The second-order valence-electron chi connectivity index (χ2n) is 5.15. The molecule has 1 rings (SSSR count). The molecule has 24 heavy (non-hydrogen) atoms. The van der Waals surface area contributed by atoms with Gasteiger partial charge in [-0.2, -0.15) is 0 Å². The molecule has 0 bridgehead atoms. The maximum atomic E-state index is 12.2. The van der Waals surface area contributed by atoms with Gasteiger partial charge in [-0.3, -0.25) is 0 Å². The predicted molar refractivity (Wildman–Crippen MR) is 95.1 cm³/mol. The lowest BCUT2D eigenvalue weighted by atomic mass is 10.1. The summed E-state index contributed by atoms with van der Waals surface area (Å²) < 4.78 is 10.4. The Hall–Kier alpha value is -2.36. The molecule has 0 saturated carbocycles. The fourth-order valence-electron chi connectivity index (χ4n) is 2.00. The molecular formula is C20H26O4. The standard InChI is InChI=1S/C20H26O4/c1-3-5-7-11-15-23-19(21)17-13-9-10-14-18(17)20(22)24-16-12-8-6-4-2/h5-10,13-14H,3-4,11-12,15-16H2,1-2H3/b7-5-,8-6-. The van der Waals surface area contributed by atoms with Crippen LogP contribution in [0.25, 0.3) is 0 Å². The minimum absolute atomic E-state index is 0.242. The van der Waals surface area contributed by atoms with E-state index in [1.165, 1.54) is 0 Å². The summed E-state index contributed by atoms with van der Waals surface area (Å²) in [7, 11) is 0. The van der Waals surface area contributed by atoms with Gasteiger partial charge in [-0.1, -0.05) is 50.3 Å². The number of ether oxygens (including phenoxy) is 2. The maximum absolute atomic E-state index is 12.2. The van der Waals surface area contributed by atoms with E-state index >= 15 is 0 Å². The van der Waals surface area contributed by atoms with Crippen LogP contribution in [0.2, 0.25) is 0 Å². The Morgan fingerprint density at radius 3 is 1.58 bits per heavy atom. The van der Waals surface area contributed by atoms with Crippen LogP contribution in [0.3, 0.4) is 0 Å². The van der Waals surface area contributed by atoms with Gasteiger partial charge in [0.1, 0.15) is 0 Å². The molecule has 0 unspecified atom stereocenters. The first-order valence-electron chi connectivity index (χ1n) is 8.44. The highest BCUT2D eigenvalue weighted by Gasteiger charge is 2.18. The Kier molecular flexibility index (Phi) is 9.93. The zero-order chi connectivity index (χ0) is 17.6. The normalized spacial score (nSPS) is 11.1. The van der Waals surface area contributed by atoms with E-state index < -0.39 is 11.9 Å². The van der Waals surface area contributed by atoms with E-state index in [-0.39, 0.29) is 11.1 Å². The van der Waals surface area contributed by atoms with Gasteiger partial charge in [0.25, 0.3) is 0 Å². The molecule has 0 atom stereocenters. The first-order chi connectivity index (χ1) is 11.7. The number of allylic oxidation sites excluding steroid dienone is 2. The van der Waals surface area contributed by atoms with Crippen molar-refractivity contribution in [2.45, 2.75) is 39.5 Å². The van der Waals surface area contributed by atoms with Crippen molar-refractivity contribution in [3.63, 3.8) is 0 Å². The second kappa shape index (κ2) is 12.1. The Morgan fingerprint density at radius 1 is 0.792 bits per heavy atom. The lowest BCUT2D eigenvalue weighted by molar-refractivity contribution is 0.0464. The Bertz CT molecular complexity index is 522. The number of esters is 2. The molecule has 0 aliphatic heterocycles. The number of carbonyl (C=O) groups excluding carboxylic acids is 2. The fraction of sp³-hybridized carbons (Fsp3) is 0.400. The van der Waals surface area contributed by atoms with E-state index in [1.54, 1.807) is 24.3 Å². The average Bonchev–Trinajstić information content (AvgIpc) is 2.61. The van der Waals surface area contributed by atoms with E-state index in [1.807, 2.05) is 38.2 Å². The highest BCUT2D eigenvalue weighted by molar-refractivity contribution is 6.03. The third-order valence-electron chi connectivity index (χ3n) is 3.21. The van der Waals surface area contributed by atoms with E-state index in [2.05, 4.69) is 0 Å². The predicted octanol–water partition coefficient (Wildman–Crippen LogP) is 4.71. The molecule has 0 saturated heterocycles. The second-order valence-corrected chi connectivity index (χ2v) is 5.15. The van der Waals surface area contributed by atoms with Crippen molar-refractivity contribution in [2.75, 3.05) is 13.2 Å². The van der Waals surface area contributed by atoms with Crippen molar-refractivity contribution >= 4 is 11.9 Å². The molecule has 130 valence electrons. The third kappa shape index (κ3) is 7.27. The first-order valence-corrected chi connectivity index (χ1v) is 8.44. The number of benzene rings is 1. The van der Waals surface area contributed by atoms with Crippen LogP contribution in [0.15, 0.2) is 48.6 Å². The number of rotatable bonds is 10. The Morgan fingerprint density at radius 2 is 1.21 bits per heavy atom. The smallest absolute Gasteiger partial charge is 0.339 e. The summed E-state index contributed by atoms with van der Waals surface area (Å²) >= 11 is 0. The first kappa shape index (κ1) is 19.7. The van der Waals surface area contributed by atoms with Crippen molar-refractivity contribution < 1.29 is 19.1 Å². The summed E-state index contributed by atoms with van der Waals surface area (Å²) in [6.07, 6.45) is 11.2. The van der Waals surface area contributed by atoms with E-state index in [9.17, 15) is 9.59 Å². The maximum Gasteiger partial charge on any atom is 0.339 e. The van der Waals surface area contributed by atoms with Gasteiger partial charge < -0.3 is 9.47 Å². The van der Waals surface area contributed by atoms with Crippen LogP contribution in [0.4, 0.5) is 0 Å². The van der Waals surface area contributed by atoms with Crippen molar-refractivity contribution in [3.05, 3.63) is 59.7 Å². The minimum atomic E-state index is -0.502. The molecule has 0 aliphatic carbocycles. The lowest BCUT2D eigenvalue weighted by Crippen LogP contribution is -2.14. The summed E-state index contributed by atoms with van der Waals surface area (Å²) in [5, 5.41) is 0. The molecule has 0 fully saturated rings. The highest BCUT2D eigenvalue weighted by atomic mass is 16.5. The molecular weight excluding hydrogens is 304 g/mol. The van der Waals surface area contributed by atoms with Gasteiger partial charge >= 0.3 is 11.9 Å². The van der Waals surface area contributed by atoms with Crippen molar-refractivity contribution in [2.24, 2.45) is 0 Å². The molecule has 1 aromatic carbocycles. The highest BCUT2D eigenvalue weighted by Crippen LogP contribution is 2.12. The van der Waals surface area contributed by atoms with Crippen molar-refractivity contribution in [1.82, 2.24) is 0 Å². The number of hydrogen-bond acceptors (Lipinski definition) is 4. The van der Waals surface area contributed by atoms with Gasteiger partial charge in [0.05, 0.1) is 24.3 Å². The lowest BCUT2D eigenvalue weighted by Gasteiger charge is -2.09. The van der Waals surface area contributed by atoms with Gasteiger partial charge in [-0.25, -0.2) is 9.59 Å². The monoisotopic (exact) mass is 330 g/mol. The van der Waals surface area contributed by atoms with Crippen LogP contribution in [0.5, 0.6) is 0 Å². The van der Waals surface area contributed by atoms with Gasteiger partial charge in [-0.15, -0.1) is 0 Å². The number of carbonyl (C=O) groups is 2. The molecule has 0 amide bonds. The van der Waals surface area contributed by atoms with Crippen LogP contribution in [0.1, 0.15) is 60.2 Å². The summed E-state index contributed by atoms with van der Waals surface area (Å²) in [6, 6.07) is 6.57. The van der Waals surface area contributed by atoms with Gasteiger partial charge in [0.15, 0.2) is 0 Å². The van der Waals surface area contributed by atoms with Gasteiger partial charge in [-0.05, 0) is 37.8 Å². The molecule has 4 heteroatoms. The SMILES string of the molecule is CC/C=C\CCOC(=O)c1ccccc1C(=O)OCC/C=C\CC. The number of hydrogen-bond donors (Lipinski definition) is 0. The van der Waals surface area contributed by atoms with E-state index in [4.69, 9.17) is 9.47 Å². The van der Waals surface area contributed by atoms with Crippen molar-refractivity contribution in [3.8, 4) is 0 Å². The molecule has 1 aromatic rings. The molecule has 0 aliphatic rings. The molecule has 0 heterocycles. The zero-order valence-electron chi connectivity index (χ0n) is 14.5. The largest absolute Gasteiger partial charge is 0.462 e. The van der Waals surface area contributed by atoms with E-state index in [0.29, 0.717) is 26.1 Å². The Labute approximate surface area is 144 Å². The molecule has 0 radical (unpaired) electrons. The minimum Gasteiger partial charge on any atom is -0.462 e. The van der Waals surface area contributed by atoms with Crippen molar-refractivity contribution in [1.29, 1.82) is 0 Å². The molecule has 0 spiro atoms. The van der Waals surface area contributed by atoms with Crippen LogP contribution in [-0.4, -0.2) is 25.2 Å². The third-order valence-corrected chi connectivity index (χ3v) is 3.21. The van der Waals surface area contributed by atoms with Crippen LogP contribution in [0, 0.1) is 0 Å². The van der Waals surface area contributed by atoms with E-state index in [0.717, 1.165) is 12.8 Å². The summed E-state index contributed by atoms with van der Waals surface area (Å²) in [4.78, 5) is 24.3. The topological polar surface area (TPSA) is 52.6 Å². The average molecular weight is 330 g/mol. The van der Waals surface area contributed by atoms with Gasteiger partial charge in [0, 0.05) is 0 Å².